The number of aryl methyl sites for hydroxylation is 2. The van der Waals surface area contributed by atoms with Crippen LogP contribution < -0.4 is 9.62 Å². The van der Waals surface area contributed by atoms with Crippen LogP contribution in [0.25, 0.3) is 0 Å². The number of nitrogens with zero attached hydrogens (tertiary/aromatic N) is 2. The zero-order valence-electron chi connectivity index (χ0n) is 26.2. The van der Waals surface area contributed by atoms with Gasteiger partial charge in [0.05, 0.1) is 15.6 Å². The van der Waals surface area contributed by atoms with Crippen molar-refractivity contribution < 1.29 is 18.0 Å². The fourth-order valence-electron chi connectivity index (χ4n) is 5.06. The monoisotopic (exact) mass is 679 g/mol. The number of anilines is 1. The zero-order chi connectivity index (χ0) is 33.3. The van der Waals surface area contributed by atoms with Gasteiger partial charge in [-0.15, -0.1) is 0 Å². The highest BCUT2D eigenvalue weighted by molar-refractivity contribution is 7.92. The maximum absolute atomic E-state index is 14.6. The van der Waals surface area contributed by atoms with Gasteiger partial charge in [-0.1, -0.05) is 109 Å². The summed E-state index contributed by atoms with van der Waals surface area (Å²) in [6.45, 7) is 5.76. The number of unbranched alkanes of at least 4 members (excludes halogenated alkanes) is 1. The molecule has 0 spiro atoms. The molecule has 0 aliphatic heterocycles. The van der Waals surface area contributed by atoms with Crippen molar-refractivity contribution >= 4 is 50.7 Å². The van der Waals surface area contributed by atoms with Crippen molar-refractivity contribution in [3.8, 4) is 0 Å². The summed E-state index contributed by atoms with van der Waals surface area (Å²) < 4.78 is 29.4. The van der Waals surface area contributed by atoms with Crippen molar-refractivity contribution in [3.63, 3.8) is 0 Å². The quantitative estimate of drug-likeness (QED) is 0.141. The maximum Gasteiger partial charge on any atom is 0.264 e. The molecule has 0 bridgehead atoms. The Morgan fingerprint density at radius 1 is 0.870 bits per heavy atom. The first kappa shape index (κ1) is 35.0. The van der Waals surface area contributed by atoms with Crippen molar-refractivity contribution in [1.82, 2.24) is 10.2 Å². The minimum Gasteiger partial charge on any atom is -0.354 e. The molecule has 242 valence electrons. The second-order valence-electron chi connectivity index (χ2n) is 11.2. The third kappa shape index (κ3) is 8.90. The highest BCUT2D eigenvalue weighted by Crippen LogP contribution is 2.33. The molecule has 4 rings (SSSR count). The first-order chi connectivity index (χ1) is 22.0. The van der Waals surface area contributed by atoms with E-state index in [9.17, 15) is 18.0 Å². The number of amides is 2. The lowest BCUT2D eigenvalue weighted by Gasteiger charge is -2.34. The topological polar surface area (TPSA) is 86.8 Å². The predicted molar refractivity (Wildman–Crippen MR) is 186 cm³/mol. The molecule has 2 amide bonds. The number of hydrogen-bond donors (Lipinski definition) is 1. The summed E-state index contributed by atoms with van der Waals surface area (Å²) in [5.74, 6) is -0.880. The number of hydrogen-bond acceptors (Lipinski definition) is 4. The Kier molecular flexibility index (Phi) is 12.3. The van der Waals surface area contributed by atoms with E-state index >= 15 is 0 Å². The van der Waals surface area contributed by atoms with Gasteiger partial charge >= 0.3 is 0 Å². The van der Waals surface area contributed by atoms with Crippen LogP contribution in [0.1, 0.15) is 42.0 Å². The predicted octanol–water partition coefficient (Wildman–Crippen LogP) is 7.36. The summed E-state index contributed by atoms with van der Waals surface area (Å²) in [5, 5.41) is 3.36. The van der Waals surface area contributed by atoms with E-state index in [4.69, 9.17) is 23.2 Å². The molecule has 0 fully saturated rings. The lowest BCUT2D eigenvalue weighted by molar-refractivity contribution is -0.140. The molecule has 0 saturated heterocycles. The van der Waals surface area contributed by atoms with Crippen LogP contribution in [0, 0.1) is 13.8 Å². The molecule has 4 aromatic carbocycles. The molecule has 0 heterocycles. The normalized spacial score (nSPS) is 11.9. The number of benzene rings is 4. The number of nitrogens with one attached hydrogen (secondary N) is 1. The van der Waals surface area contributed by atoms with Crippen LogP contribution in [0.15, 0.2) is 102 Å². The SMILES string of the molecule is CCCCNC(=O)[C@@H](Cc1ccccc1)N(Cc1ccccc1C)C(=O)CN(c1cc(Cl)ccc1Cl)S(=O)(=O)c1ccc(C)cc1. The molecule has 0 aliphatic carbocycles. The molecule has 0 radical (unpaired) electrons. The Balaban J connectivity index is 1.83. The van der Waals surface area contributed by atoms with Gasteiger partial charge < -0.3 is 10.2 Å². The van der Waals surface area contributed by atoms with E-state index in [-0.39, 0.29) is 39.5 Å². The van der Waals surface area contributed by atoms with Gasteiger partial charge in [0.25, 0.3) is 10.0 Å². The van der Waals surface area contributed by atoms with Crippen LogP contribution in [-0.4, -0.2) is 44.3 Å². The van der Waals surface area contributed by atoms with Crippen molar-refractivity contribution in [3.05, 3.63) is 129 Å². The molecule has 10 heteroatoms. The fraction of sp³-hybridized carbons (Fsp3) is 0.278. The molecule has 0 saturated carbocycles. The van der Waals surface area contributed by atoms with Crippen molar-refractivity contribution in [2.75, 3.05) is 17.4 Å². The number of carbonyl (C=O) groups excluding carboxylic acids is 2. The van der Waals surface area contributed by atoms with E-state index in [1.807, 2.05) is 75.4 Å². The van der Waals surface area contributed by atoms with Crippen molar-refractivity contribution in [1.29, 1.82) is 0 Å². The van der Waals surface area contributed by atoms with Gasteiger partial charge in [-0.2, -0.15) is 0 Å². The van der Waals surface area contributed by atoms with E-state index in [1.54, 1.807) is 18.2 Å². The second kappa shape index (κ2) is 16.1. The molecular weight excluding hydrogens is 641 g/mol. The van der Waals surface area contributed by atoms with Crippen molar-refractivity contribution in [2.24, 2.45) is 0 Å². The van der Waals surface area contributed by atoms with Gasteiger partial charge in [0.15, 0.2) is 0 Å². The number of rotatable bonds is 14. The van der Waals surface area contributed by atoms with Crippen LogP contribution in [0.2, 0.25) is 10.0 Å². The molecule has 46 heavy (non-hydrogen) atoms. The van der Waals surface area contributed by atoms with Crippen LogP contribution in [0.5, 0.6) is 0 Å². The van der Waals surface area contributed by atoms with Gasteiger partial charge in [0.2, 0.25) is 11.8 Å². The summed E-state index contributed by atoms with van der Waals surface area (Å²) in [5.41, 5.74) is 3.58. The molecule has 1 atom stereocenters. The average molecular weight is 681 g/mol. The molecule has 1 N–H and O–H groups in total. The van der Waals surface area contributed by atoms with Crippen molar-refractivity contribution in [2.45, 2.75) is 57.5 Å². The Morgan fingerprint density at radius 2 is 1.54 bits per heavy atom. The zero-order valence-corrected chi connectivity index (χ0v) is 28.6. The van der Waals surface area contributed by atoms with Gasteiger partial charge in [0, 0.05) is 24.5 Å². The fourth-order valence-corrected chi connectivity index (χ4v) is 6.92. The van der Waals surface area contributed by atoms with Crippen LogP contribution in [0.4, 0.5) is 5.69 Å². The summed E-state index contributed by atoms with van der Waals surface area (Å²) in [4.78, 5) is 29.9. The summed E-state index contributed by atoms with van der Waals surface area (Å²) in [6.07, 6.45) is 1.91. The lowest BCUT2D eigenvalue weighted by Crippen LogP contribution is -2.53. The highest BCUT2D eigenvalue weighted by atomic mass is 35.5. The standard InChI is InChI=1S/C36H39Cl2N3O4S/c1-4-5-21-39-36(43)34(22-28-12-7-6-8-13-28)40(24-29-14-10-9-11-27(29)3)35(42)25-41(33-23-30(37)17-20-32(33)38)46(44,45)31-18-15-26(2)16-19-31/h6-20,23,34H,4-5,21-22,24-25H2,1-3H3,(H,39,43)/t34-/m1/s1. The largest absolute Gasteiger partial charge is 0.354 e. The van der Waals surface area contributed by atoms with Crippen LogP contribution in [0.3, 0.4) is 0 Å². The first-order valence-electron chi connectivity index (χ1n) is 15.2. The summed E-state index contributed by atoms with van der Waals surface area (Å²) in [7, 11) is -4.30. The third-order valence-electron chi connectivity index (χ3n) is 7.77. The number of carbonyl (C=O) groups is 2. The molecule has 4 aromatic rings. The van der Waals surface area contributed by atoms with E-state index in [0.717, 1.165) is 39.4 Å². The summed E-state index contributed by atoms with van der Waals surface area (Å²) in [6, 6.07) is 27.0. The summed E-state index contributed by atoms with van der Waals surface area (Å²) >= 11 is 12.9. The third-order valence-corrected chi connectivity index (χ3v) is 10.1. The Hall–Kier alpha value is -3.85. The van der Waals surface area contributed by atoms with Gasteiger partial charge in [-0.3, -0.25) is 13.9 Å². The molecular formula is C36H39Cl2N3O4S. The Bertz CT molecular complexity index is 1750. The minimum absolute atomic E-state index is 0.00876. The Labute approximate surface area is 282 Å². The van der Waals surface area contributed by atoms with Crippen LogP contribution in [-0.2, 0) is 32.6 Å². The molecule has 0 unspecified atom stereocenters. The molecule has 0 aliphatic rings. The van der Waals surface area contributed by atoms with E-state index in [0.29, 0.717) is 6.54 Å². The van der Waals surface area contributed by atoms with E-state index in [2.05, 4.69) is 5.32 Å². The number of halogens is 2. The van der Waals surface area contributed by atoms with Gasteiger partial charge in [-0.05, 0) is 67.3 Å². The lowest BCUT2D eigenvalue weighted by atomic mass is 10.0. The van der Waals surface area contributed by atoms with Gasteiger partial charge in [-0.25, -0.2) is 8.42 Å². The average Bonchev–Trinajstić information content (AvgIpc) is 3.04. The minimum atomic E-state index is -4.30. The highest BCUT2D eigenvalue weighted by Gasteiger charge is 2.35. The number of sulfonamides is 1. The molecule has 0 aromatic heterocycles. The van der Waals surface area contributed by atoms with Crippen LogP contribution >= 0.6 is 23.2 Å². The second-order valence-corrected chi connectivity index (χ2v) is 13.9. The van der Waals surface area contributed by atoms with Gasteiger partial charge in [0.1, 0.15) is 12.6 Å². The maximum atomic E-state index is 14.6. The van der Waals surface area contributed by atoms with E-state index in [1.165, 1.54) is 29.2 Å². The smallest absolute Gasteiger partial charge is 0.264 e. The molecule has 7 nitrogen and oxygen atoms in total. The Morgan fingerprint density at radius 3 is 2.22 bits per heavy atom. The van der Waals surface area contributed by atoms with E-state index < -0.39 is 28.5 Å². The first-order valence-corrected chi connectivity index (χ1v) is 17.4.